The van der Waals surface area contributed by atoms with Crippen LogP contribution in [0.4, 0.5) is 5.69 Å². The quantitative estimate of drug-likeness (QED) is 0.579. The number of carbonyl (C=O) groups excluding carboxylic acids is 2. The molecule has 6 heteroatoms. The van der Waals surface area contributed by atoms with Crippen molar-refractivity contribution in [2.75, 3.05) is 11.6 Å². The SMILES string of the molecule is CC(=O)OC1C(C)=NN(c2ccccc2)C1OCC(=O)c1ccc(C)cc1. The Morgan fingerprint density at radius 1 is 1.04 bits per heavy atom. The Kier molecular flexibility index (Phi) is 5.66. The standard InChI is InChI=1S/C21H22N2O4/c1-14-9-11-17(12-10-14)19(25)13-26-21-20(27-16(3)24)15(2)22-23(21)18-7-5-4-6-8-18/h4-12,20-21H,13H2,1-3H3. The van der Waals surface area contributed by atoms with Crippen LogP contribution in [-0.4, -0.2) is 36.4 Å². The highest BCUT2D eigenvalue weighted by Crippen LogP contribution is 2.27. The topological polar surface area (TPSA) is 68.2 Å². The van der Waals surface area contributed by atoms with Gasteiger partial charge < -0.3 is 9.47 Å². The lowest BCUT2D eigenvalue weighted by Crippen LogP contribution is -2.42. The largest absolute Gasteiger partial charge is 0.451 e. The van der Waals surface area contributed by atoms with Gasteiger partial charge in [0.05, 0.1) is 11.4 Å². The summed E-state index contributed by atoms with van der Waals surface area (Å²) in [6.07, 6.45) is -1.38. The first-order valence-electron chi connectivity index (χ1n) is 8.74. The van der Waals surface area contributed by atoms with Gasteiger partial charge in [0, 0.05) is 12.5 Å². The minimum Gasteiger partial charge on any atom is -0.451 e. The lowest BCUT2D eigenvalue weighted by molar-refractivity contribution is -0.148. The van der Waals surface area contributed by atoms with Gasteiger partial charge in [-0.3, -0.25) is 9.59 Å². The van der Waals surface area contributed by atoms with Crippen LogP contribution in [0.2, 0.25) is 0 Å². The number of Topliss-reactive ketones (excluding diaryl/α,β-unsaturated/α-hetero) is 1. The number of hydrazone groups is 1. The van der Waals surface area contributed by atoms with Gasteiger partial charge in [-0.1, -0.05) is 48.0 Å². The number of aryl methyl sites for hydroxylation is 1. The molecule has 0 aromatic heterocycles. The van der Waals surface area contributed by atoms with E-state index in [1.807, 2.05) is 49.4 Å². The normalized spacial score (nSPS) is 18.9. The van der Waals surface area contributed by atoms with Crippen molar-refractivity contribution in [3.05, 3.63) is 65.7 Å². The van der Waals surface area contributed by atoms with Crippen LogP contribution < -0.4 is 5.01 Å². The van der Waals surface area contributed by atoms with E-state index in [-0.39, 0.29) is 12.4 Å². The van der Waals surface area contributed by atoms with Gasteiger partial charge in [-0.15, -0.1) is 0 Å². The number of ketones is 1. The molecule has 0 radical (unpaired) electrons. The van der Waals surface area contributed by atoms with Gasteiger partial charge in [-0.05, 0) is 26.0 Å². The highest BCUT2D eigenvalue weighted by molar-refractivity contribution is 5.97. The van der Waals surface area contributed by atoms with Gasteiger partial charge in [0.25, 0.3) is 0 Å². The first kappa shape index (κ1) is 18.8. The third kappa shape index (κ3) is 4.41. The molecule has 0 amide bonds. The minimum atomic E-state index is -0.703. The van der Waals surface area contributed by atoms with Crippen LogP contribution in [0, 0.1) is 6.92 Å². The molecule has 0 fully saturated rings. The Bertz CT molecular complexity index is 846. The summed E-state index contributed by atoms with van der Waals surface area (Å²) in [6, 6.07) is 16.7. The molecule has 1 heterocycles. The molecule has 1 aliphatic rings. The molecule has 0 N–H and O–H groups in total. The van der Waals surface area contributed by atoms with Crippen molar-refractivity contribution >= 4 is 23.2 Å². The van der Waals surface area contributed by atoms with E-state index in [0.29, 0.717) is 11.3 Å². The van der Waals surface area contributed by atoms with Crippen molar-refractivity contribution in [3.8, 4) is 0 Å². The number of nitrogens with zero attached hydrogens (tertiary/aromatic N) is 2. The summed E-state index contributed by atoms with van der Waals surface area (Å²) in [5.74, 6) is -0.572. The fourth-order valence-electron chi connectivity index (χ4n) is 2.87. The molecular weight excluding hydrogens is 344 g/mol. The predicted octanol–water partition coefficient (Wildman–Crippen LogP) is 3.35. The zero-order chi connectivity index (χ0) is 19.4. The number of benzene rings is 2. The summed E-state index contributed by atoms with van der Waals surface area (Å²) in [5, 5.41) is 6.12. The lowest BCUT2D eigenvalue weighted by atomic mass is 10.1. The second kappa shape index (κ2) is 8.14. The second-order valence-corrected chi connectivity index (χ2v) is 6.44. The molecule has 6 nitrogen and oxygen atoms in total. The summed E-state index contributed by atoms with van der Waals surface area (Å²) < 4.78 is 11.3. The number of esters is 1. The number of ether oxygens (including phenoxy) is 2. The zero-order valence-electron chi connectivity index (χ0n) is 15.6. The zero-order valence-corrected chi connectivity index (χ0v) is 15.6. The Labute approximate surface area is 158 Å². The molecule has 1 aliphatic heterocycles. The number of hydrogen-bond donors (Lipinski definition) is 0. The van der Waals surface area contributed by atoms with Crippen molar-refractivity contribution in [1.29, 1.82) is 0 Å². The van der Waals surface area contributed by atoms with Gasteiger partial charge >= 0.3 is 5.97 Å². The van der Waals surface area contributed by atoms with Crippen LogP contribution in [0.25, 0.3) is 0 Å². The molecule has 140 valence electrons. The van der Waals surface area contributed by atoms with Gasteiger partial charge in [0.1, 0.15) is 6.61 Å². The summed E-state index contributed by atoms with van der Waals surface area (Å²) in [7, 11) is 0. The van der Waals surface area contributed by atoms with Crippen LogP contribution in [-0.2, 0) is 14.3 Å². The first-order chi connectivity index (χ1) is 13.0. The average molecular weight is 366 g/mol. The maximum absolute atomic E-state index is 12.5. The molecule has 2 aromatic rings. The molecule has 27 heavy (non-hydrogen) atoms. The number of rotatable bonds is 6. The molecule has 0 saturated carbocycles. The van der Waals surface area contributed by atoms with Gasteiger partial charge in [-0.25, -0.2) is 5.01 Å². The fraction of sp³-hybridized carbons (Fsp3) is 0.286. The van der Waals surface area contributed by atoms with Crippen molar-refractivity contribution in [2.45, 2.75) is 33.1 Å². The fourth-order valence-corrected chi connectivity index (χ4v) is 2.87. The van der Waals surface area contributed by atoms with Gasteiger partial charge in [0.2, 0.25) is 0 Å². The van der Waals surface area contributed by atoms with Crippen LogP contribution in [0.3, 0.4) is 0 Å². The maximum atomic E-state index is 12.5. The number of para-hydroxylation sites is 1. The third-order valence-electron chi connectivity index (χ3n) is 4.25. The molecule has 0 saturated heterocycles. The van der Waals surface area contributed by atoms with Crippen molar-refractivity contribution < 1.29 is 19.1 Å². The van der Waals surface area contributed by atoms with Crippen molar-refractivity contribution in [3.63, 3.8) is 0 Å². The van der Waals surface area contributed by atoms with E-state index in [1.165, 1.54) is 6.92 Å². The van der Waals surface area contributed by atoms with E-state index < -0.39 is 18.3 Å². The van der Waals surface area contributed by atoms with E-state index in [0.717, 1.165) is 11.3 Å². The Hall–Kier alpha value is -2.99. The monoisotopic (exact) mass is 366 g/mol. The van der Waals surface area contributed by atoms with Gasteiger partial charge in [0.15, 0.2) is 18.1 Å². The summed E-state index contributed by atoms with van der Waals surface area (Å²) >= 11 is 0. The lowest BCUT2D eigenvalue weighted by Gasteiger charge is -2.27. The predicted molar refractivity (Wildman–Crippen MR) is 103 cm³/mol. The van der Waals surface area contributed by atoms with Crippen LogP contribution in [0.15, 0.2) is 59.7 Å². The molecule has 3 rings (SSSR count). The Morgan fingerprint density at radius 3 is 2.33 bits per heavy atom. The van der Waals surface area contributed by atoms with E-state index in [9.17, 15) is 9.59 Å². The summed E-state index contributed by atoms with van der Waals surface area (Å²) in [4.78, 5) is 24.0. The maximum Gasteiger partial charge on any atom is 0.303 e. The number of carbonyl (C=O) groups is 2. The van der Waals surface area contributed by atoms with Gasteiger partial charge in [-0.2, -0.15) is 5.10 Å². The smallest absolute Gasteiger partial charge is 0.303 e. The van der Waals surface area contributed by atoms with Crippen LogP contribution in [0.1, 0.15) is 29.8 Å². The number of hydrogen-bond acceptors (Lipinski definition) is 6. The van der Waals surface area contributed by atoms with E-state index >= 15 is 0 Å². The van der Waals surface area contributed by atoms with E-state index in [2.05, 4.69) is 5.10 Å². The molecule has 0 spiro atoms. The molecule has 0 bridgehead atoms. The molecule has 0 aliphatic carbocycles. The van der Waals surface area contributed by atoms with Crippen LogP contribution in [0.5, 0.6) is 0 Å². The first-order valence-corrected chi connectivity index (χ1v) is 8.74. The van der Waals surface area contributed by atoms with Crippen LogP contribution >= 0.6 is 0 Å². The van der Waals surface area contributed by atoms with E-state index in [1.54, 1.807) is 24.1 Å². The van der Waals surface area contributed by atoms with Crippen molar-refractivity contribution in [2.24, 2.45) is 5.10 Å². The third-order valence-corrected chi connectivity index (χ3v) is 4.25. The number of anilines is 1. The highest BCUT2D eigenvalue weighted by Gasteiger charge is 2.39. The Morgan fingerprint density at radius 2 is 1.70 bits per heavy atom. The highest BCUT2D eigenvalue weighted by atomic mass is 16.6. The minimum absolute atomic E-state index is 0.141. The molecule has 2 unspecified atom stereocenters. The molecule has 2 aromatic carbocycles. The summed E-state index contributed by atoms with van der Waals surface area (Å²) in [6.45, 7) is 4.93. The van der Waals surface area contributed by atoms with Crippen molar-refractivity contribution in [1.82, 2.24) is 0 Å². The summed E-state index contributed by atoms with van der Waals surface area (Å²) in [5.41, 5.74) is 3.06. The Balaban J connectivity index is 1.78. The molecular formula is C21H22N2O4. The van der Waals surface area contributed by atoms with E-state index in [4.69, 9.17) is 9.47 Å². The second-order valence-electron chi connectivity index (χ2n) is 6.44. The molecule has 2 atom stereocenters. The average Bonchev–Trinajstić information content (AvgIpc) is 2.96.